The Balaban J connectivity index is 1.49. The third kappa shape index (κ3) is 5.86. The van der Waals surface area contributed by atoms with E-state index in [1.165, 1.54) is 12.1 Å². The zero-order valence-corrected chi connectivity index (χ0v) is 20.8. The molecule has 8 nitrogen and oxygen atoms in total. The molecule has 1 aliphatic heterocycles. The predicted molar refractivity (Wildman–Crippen MR) is 135 cm³/mol. The molecular formula is C26H28N4O4S. The van der Waals surface area contributed by atoms with Gasteiger partial charge in [0.2, 0.25) is 0 Å². The molecule has 35 heavy (non-hydrogen) atoms. The first-order valence-corrected chi connectivity index (χ1v) is 12.8. The fourth-order valence-electron chi connectivity index (χ4n) is 3.99. The maximum Gasteiger partial charge on any atom is 0.284 e. The van der Waals surface area contributed by atoms with Crippen LogP contribution in [-0.2, 0) is 16.6 Å². The van der Waals surface area contributed by atoms with Crippen molar-refractivity contribution < 1.29 is 17.9 Å². The van der Waals surface area contributed by atoms with Crippen LogP contribution >= 0.6 is 0 Å². The van der Waals surface area contributed by atoms with Crippen molar-refractivity contribution in [3.05, 3.63) is 83.2 Å². The summed E-state index contributed by atoms with van der Waals surface area (Å²) in [6.45, 7) is 4.93. The smallest absolute Gasteiger partial charge is 0.284 e. The van der Waals surface area contributed by atoms with Gasteiger partial charge in [0.25, 0.3) is 15.9 Å². The second-order valence-corrected chi connectivity index (χ2v) is 10.2. The maximum absolute atomic E-state index is 12.9. The SMILES string of the molecule is Cc1cc(C(=O)Nc2cccc(S(=O)(=O)N=C3CCCN3C)c2)cc(C)c1OCc1cccnc1. The Kier molecular flexibility index (Phi) is 7.16. The van der Waals surface area contributed by atoms with Crippen LogP contribution < -0.4 is 10.1 Å². The average molecular weight is 493 g/mol. The minimum absolute atomic E-state index is 0.0367. The Morgan fingerprint density at radius 2 is 1.91 bits per heavy atom. The summed E-state index contributed by atoms with van der Waals surface area (Å²) in [4.78, 5) is 18.9. The molecule has 1 N–H and O–H groups in total. The number of anilines is 1. The highest BCUT2D eigenvalue weighted by molar-refractivity contribution is 7.90. The van der Waals surface area contributed by atoms with Crippen LogP contribution in [0.1, 0.15) is 39.9 Å². The molecule has 1 saturated heterocycles. The second-order valence-electron chi connectivity index (χ2n) is 8.58. The van der Waals surface area contributed by atoms with Gasteiger partial charge in [-0.2, -0.15) is 8.42 Å². The van der Waals surface area contributed by atoms with Gasteiger partial charge < -0.3 is 15.0 Å². The monoisotopic (exact) mass is 492 g/mol. The van der Waals surface area contributed by atoms with Gasteiger partial charge in [0.05, 0.1) is 4.90 Å². The molecule has 2 aromatic carbocycles. The average Bonchev–Trinajstić information content (AvgIpc) is 3.22. The van der Waals surface area contributed by atoms with E-state index in [2.05, 4.69) is 14.7 Å². The largest absolute Gasteiger partial charge is 0.488 e. The summed E-state index contributed by atoms with van der Waals surface area (Å²) >= 11 is 0. The number of hydrogen-bond acceptors (Lipinski definition) is 5. The van der Waals surface area contributed by atoms with Crippen molar-refractivity contribution in [2.45, 2.75) is 38.2 Å². The van der Waals surface area contributed by atoms with E-state index in [-0.39, 0.29) is 10.8 Å². The highest BCUT2D eigenvalue weighted by atomic mass is 32.2. The molecule has 1 fully saturated rings. The maximum atomic E-state index is 12.9. The molecule has 0 spiro atoms. The molecular weight excluding hydrogens is 464 g/mol. The molecule has 0 unspecified atom stereocenters. The number of carbonyl (C=O) groups excluding carboxylic acids is 1. The lowest BCUT2D eigenvalue weighted by atomic mass is 10.0. The van der Waals surface area contributed by atoms with Gasteiger partial charge in [-0.05, 0) is 67.8 Å². The van der Waals surface area contributed by atoms with E-state index in [4.69, 9.17) is 4.74 Å². The van der Waals surface area contributed by atoms with Crippen molar-refractivity contribution in [3.8, 4) is 5.75 Å². The van der Waals surface area contributed by atoms with Gasteiger partial charge in [-0.25, -0.2) is 0 Å². The Morgan fingerprint density at radius 3 is 2.57 bits per heavy atom. The van der Waals surface area contributed by atoms with Crippen molar-refractivity contribution in [2.24, 2.45) is 4.40 Å². The molecule has 1 amide bonds. The first-order chi connectivity index (χ1) is 16.7. The van der Waals surface area contributed by atoms with Crippen LogP contribution in [0.15, 0.2) is 70.2 Å². The second kappa shape index (κ2) is 10.3. The highest BCUT2D eigenvalue weighted by Crippen LogP contribution is 2.27. The number of aromatic nitrogens is 1. The number of nitrogens with zero attached hydrogens (tertiary/aromatic N) is 3. The fraction of sp³-hybridized carbons (Fsp3) is 0.269. The Morgan fingerprint density at radius 1 is 1.14 bits per heavy atom. The fourth-order valence-corrected chi connectivity index (χ4v) is 5.13. The van der Waals surface area contributed by atoms with Crippen LogP contribution in [-0.4, -0.2) is 43.6 Å². The number of nitrogens with one attached hydrogen (secondary N) is 1. The van der Waals surface area contributed by atoms with Crippen LogP contribution in [0.4, 0.5) is 5.69 Å². The molecule has 9 heteroatoms. The molecule has 0 saturated carbocycles. The van der Waals surface area contributed by atoms with Crippen LogP contribution in [0.25, 0.3) is 0 Å². The Hall–Kier alpha value is -3.72. The molecule has 182 valence electrons. The molecule has 0 aliphatic carbocycles. The van der Waals surface area contributed by atoms with E-state index >= 15 is 0 Å². The number of hydrogen-bond donors (Lipinski definition) is 1. The summed E-state index contributed by atoms with van der Waals surface area (Å²) in [5, 5.41) is 2.79. The summed E-state index contributed by atoms with van der Waals surface area (Å²) in [7, 11) is -2.04. The van der Waals surface area contributed by atoms with Crippen molar-refractivity contribution >= 4 is 27.5 Å². The summed E-state index contributed by atoms with van der Waals surface area (Å²) in [6.07, 6.45) is 4.97. The van der Waals surface area contributed by atoms with Crippen molar-refractivity contribution in [3.63, 3.8) is 0 Å². The minimum Gasteiger partial charge on any atom is -0.488 e. The topological polar surface area (TPSA) is 101 Å². The van der Waals surface area contributed by atoms with Gasteiger partial charge in [0.1, 0.15) is 18.2 Å². The molecule has 0 bridgehead atoms. The van der Waals surface area contributed by atoms with Crippen molar-refractivity contribution in [1.82, 2.24) is 9.88 Å². The third-order valence-corrected chi connectivity index (χ3v) is 7.08. The number of sulfonamides is 1. The van der Waals surface area contributed by atoms with Gasteiger partial charge in [-0.15, -0.1) is 4.40 Å². The van der Waals surface area contributed by atoms with Gasteiger partial charge in [0, 0.05) is 49.2 Å². The lowest BCUT2D eigenvalue weighted by molar-refractivity contribution is 0.102. The highest BCUT2D eigenvalue weighted by Gasteiger charge is 2.21. The number of pyridine rings is 1. The Labute approximate surface area is 205 Å². The molecule has 2 heterocycles. The predicted octanol–water partition coefficient (Wildman–Crippen LogP) is 4.34. The molecule has 1 aromatic heterocycles. The lowest BCUT2D eigenvalue weighted by Gasteiger charge is -2.14. The van der Waals surface area contributed by atoms with Crippen LogP contribution in [0.3, 0.4) is 0 Å². The molecule has 1 aliphatic rings. The van der Waals surface area contributed by atoms with E-state index in [1.54, 1.807) is 36.7 Å². The van der Waals surface area contributed by atoms with Crippen LogP contribution in [0.2, 0.25) is 0 Å². The quantitative estimate of drug-likeness (QED) is 0.527. The van der Waals surface area contributed by atoms with Gasteiger partial charge >= 0.3 is 0 Å². The first-order valence-electron chi connectivity index (χ1n) is 11.3. The summed E-state index contributed by atoms with van der Waals surface area (Å²) in [6, 6.07) is 13.4. The van der Waals surface area contributed by atoms with E-state index < -0.39 is 10.0 Å². The van der Waals surface area contributed by atoms with Gasteiger partial charge in [-0.1, -0.05) is 12.1 Å². The standard InChI is InChI=1S/C26H28N4O4S/c1-18-13-21(14-19(2)25(18)34-17-20-7-5-11-27-16-20)26(31)28-22-8-4-9-23(15-22)35(32,33)29-24-10-6-12-30(24)3/h4-5,7-9,11,13-16H,6,10,12,17H2,1-3H3,(H,28,31). The van der Waals surface area contributed by atoms with Gasteiger partial charge in [0.15, 0.2) is 0 Å². The van der Waals surface area contributed by atoms with E-state index in [0.29, 0.717) is 30.1 Å². The third-order valence-electron chi connectivity index (χ3n) is 5.78. The number of aryl methyl sites for hydroxylation is 2. The zero-order valence-electron chi connectivity index (χ0n) is 20.0. The molecule has 0 radical (unpaired) electrons. The molecule has 4 rings (SSSR count). The summed E-state index contributed by atoms with van der Waals surface area (Å²) in [5.74, 6) is 0.928. The molecule has 3 aromatic rings. The normalized spacial score (nSPS) is 14.8. The lowest BCUT2D eigenvalue weighted by Crippen LogP contribution is -2.20. The number of rotatable bonds is 7. The van der Waals surface area contributed by atoms with Crippen LogP contribution in [0.5, 0.6) is 5.75 Å². The number of amides is 1. The van der Waals surface area contributed by atoms with E-state index in [1.807, 2.05) is 37.9 Å². The summed E-state index contributed by atoms with van der Waals surface area (Å²) in [5.41, 5.74) is 3.43. The number of amidine groups is 1. The summed E-state index contributed by atoms with van der Waals surface area (Å²) < 4.78 is 35.5. The zero-order chi connectivity index (χ0) is 25.0. The Bertz CT molecular complexity index is 1350. The first kappa shape index (κ1) is 24.4. The number of carbonyl (C=O) groups is 1. The van der Waals surface area contributed by atoms with Crippen LogP contribution in [0, 0.1) is 13.8 Å². The minimum atomic E-state index is -3.87. The number of likely N-dealkylation sites (tertiary alicyclic amines) is 1. The van der Waals surface area contributed by atoms with E-state index in [9.17, 15) is 13.2 Å². The van der Waals surface area contributed by atoms with Crippen molar-refractivity contribution in [1.29, 1.82) is 0 Å². The number of benzene rings is 2. The van der Waals surface area contributed by atoms with Gasteiger partial charge in [-0.3, -0.25) is 9.78 Å². The van der Waals surface area contributed by atoms with Crippen molar-refractivity contribution in [2.75, 3.05) is 18.9 Å². The number of ether oxygens (including phenoxy) is 1. The molecule has 0 atom stereocenters. The van der Waals surface area contributed by atoms with E-state index in [0.717, 1.165) is 35.4 Å².